The summed E-state index contributed by atoms with van der Waals surface area (Å²) >= 11 is 1.61. The summed E-state index contributed by atoms with van der Waals surface area (Å²) in [6.45, 7) is 2.79. The van der Waals surface area contributed by atoms with Gasteiger partial charge in [-0.05, 0) is 19.8 Å². The number of nitrogens with zero attached hydrogens (tertiary/aromatic N) is 4. The number of aryl methyl sites for hydroxylation is 1. The third-order valence-electron chi connectivity index (χ3n) is 2.61. The maximum atomic E-state index is 4.17. The summed E-state index contributed by atoms with van der Waals surface area (Å²) in [5, 5.41) is 13.7. The molecule has 6 heteroatoms. The van der Waals surface area contributed by atoms with Gasteiger partial charge in [0, 0.05) is 18.4 Å². The second kappa shape index (κ2) is 3.95. The Labute approximate surface area is 97.5 Å². The number of hydrogen-bond donors (Lipinski definition) is 1. The maximum Gasteiger partial charge on any atom is 0.217 e. The summed E-state index contributed by atoms with van der Waals surface area (Å²) in [7, 11) is 0. The highest BCUT2D eigenvalue weighted by atomic mass is 32.1. The van der Waals surface area contributed by atoms with Crippen molar-refractivity contribution in [2.24, 2.45) is 0 Å². The molecule has 0 spiro atoms. The highest BCUT2D eigenvalue weighted by Crippen LogP contribution is 2.21. The van der Waals surface area contributed by atoms with Crippen molar-refractivity contribution < 1.29 is 0 Å². The van der Waals surface area contributed by atoms with Crippen molar-refractivity contribution in [1.29, 1.82) is 0 Å². The van der Waals surface area contributed by atoms with E-state index in [1.165, 1.54) is 12.8 Å². The lowest BCUT2D eigenvalue weighted by atomic mass is 10.6. The molecule has 84 valence electrons. The van der Waals surface area contributed by atoms with E-state index in [-0.39, 0.29) is 0 Å². The highest BCUT2D eigenvalue weighted by molar-refractivity contribution is 7.13. The quantitative estimate of drug-likeness (QED) is 0.867. The molecule has 16 heavy (non-hydrogen) atoms. The van der Waals surface area contributed by atoms with Crippen molar-refractivity contribution in [2.45, 2.75) is 32.4 Å². The van der Waals surface area contributed by atoms with Gasteiger partial charge in [-0.15, -0.1) is 10.2 Å². The van der Waals surface area contributed by atoms with Crippen LogP contribution in [0.5, 0.6) is 0 Å². The summed E-state index contributed by atoms with van der Waals surface area (Å²) in [6, 6.07) is 0.710. The third kappa shape index (κ3) is 1.98. The minimum Gasteiger partial charge on any atom is -0.308 e. The summed E-state index contributed by atoms with van der Waals surface area (Å²) in [4.78, 5) is 4.17. The fourth-order valence-corrected chi connectivity index (χ4v) is 2.33. The molecule has 2 aromatic heterocycles. The first-order chi connectivity index (χ1) is 7.83. The molecule has 2 aromatic rings. The van der Waals surface area contributed by atoms with Crippen molar-refractivity contribution in [3.63, 3.8) is 0 Å². The first-order valence-electron chi connectivity index (χ1n) is 5.39. The zero-order chi connectivity index (χ0) is 11.0. The Bertz CT molecular complexity index is 485. The van der Waals surface area contributed by atoms with Gasteiger partial charge in [-0.3, -0.25) is 4.57 Å². The largest absolute Gasteiger partial charge is 0.308 e. The zero-order valence-electron chi connectivity index (χ0n) is 9.05. The van der Waals surface area contributed by atoms with Gasteiger partial charge in [-0.2, -0.15) is 0 Å². The summed E-state index contributed by atoms with van der Waals surface area (Å²) in [6.07, 6.45) is 6.28. The Morgan fingerprint density at radius 2 is 2.38 bits per heavy atom. The van der Waals surface area contributed by atoms with Crippen LogP contribution >= 0.6 is 11.3 Å². The molecule has 1 fully saturated rings. The van der Waals surface area contributed by atoms with Gasteiger partial charge in [0.1, 0.15) is 10.8 Å². The Kier molecular flexibility index (Phi) is 2.45. The molecule has 1 N–H and O–H groups in total. The van der Waals surface area contributed by atoms with Gasteiger partial charge in [-0.1, -0.05) is 11.3 Å². The standard InChI is InChI=1S/C10H13N5S/c1-7-11-4-5-15(7)10-14-13-9(16-10)6-12-8-2-3-8/h4-5,8,12H,2-3,6H2,1H3. The number of nitrogens with one attached hydrogen (secondary N) is 1. The Morgan fingerprint density at radius 3 is 3.06 bits per heavy atom. The van der Waals surface area contributed by atoms with Crippen LogP contribution in [0.25, 0.3) is 5.13 Å². The molecule has 3 rings (SSSR count). The van der Waals surface area contributed by atoms with Gasteiger partial charge in [0.15, 0.2) is 0 Å². The second-order valence-corrected chi connectivity index (χ2v) is 5.02. The van der Waals surface area contributed by atoms with Crippen molar-refractivity contribution in [2.75, 3.05) is 0 Å². The van der Waals surface area contributed by atoms with Crippen LogP contribution in [0.3, 0.4) is 0 Å². The van der Waals surface area contributed by atoms with Gasteiger partial charge < -0.3 is 5.32 Å². The number of rotatable bonds is 4. The zero-order valence-corrected chi connectivity index (χ0v) is 9.87. The van der Waals surface area contributed by atoms with Crippen LogP contribution in [0.15, 0.2) is 12.4 Å². The molecule has 0 unspecified atom stereocenters. The summed E-state index contributed by atoms with van der Waals surface area (Å²) in [5.74, 6) is 0.942. The molecule has 0 saturated heterocycles. The smallest absolute Gasteiger partial charge is 0.217 e. The van der Waals surface area contributed by atoms with Gasteiger partial charge in [0.25, 0.3) is 0 Å². The van der Waals surface area contributed by atoms with Crippen LogP contribution < -0.4 is 5.32 Å². The molecule has 0 radical (unpaired) electrons. The normalized spacial score (nSPS) is 15.6. The molecule has 1 saturated carbocycles. The van der Waals surface area contributed by atoms with E-state index in [4.69, 9.17) is 0 Å². The molecule has 0 amide bonds. The van der Waals surface area contributed by atoms with Crippen LogP contribution in [-0.2, 0) is 6.54 Å². The third-order valence-corrected chi connectivity index (χ3v) is 3.53. The number of aromatic nitrogens is 4. The fourth-order valence-electron chi connectivity index (χ4n) is 1.51. The van der Waals surface area contributed by atoms with Crippen LogP contribution in [0.2, 0.25) is 0 Å². The topological polar surface area (TPSA) is 55.6 Å². The van der Waals surface area contributed by atoms with E-state index in [0.717, 1.165) is 22.5 Å². The highest BCUT2D eigenvalue weighted by Gasteiger charge is 2.20. The molecule has 0 atom stereocenters. The average Bonchev–Trinajstić information content (AvgIpc) is 2.82. The Hall–Kier alpha value is -1.27. The van der Waals surface area contributed by atoms with E-state index >= 15 is 0 Å². The van der Waals surface area contributed by atoms with Gasteiger partial charge in [0.05, 0.1) is 6.54 Å². The van der Waals surface area contributed by atoms with E-state index < -0.39 is 0 Å². The SMILES string of the molecule is Cc1nccn1-c1nnc(CNC2CC2)s1. The monoisotopic (exact) mass is 235 g/mol. The lowest BCUT2D eigenvalue weighted by Crippen LogP contribution is -2.14. The Balaban J connectivity index is 1.74. The van der Waals surface area contributed by atoms with Crippen LogP contribution in [0.4, 0.5) is 0 Å². The minimum absolute atomic E-state index is 0.710. The lowest BCUT2D eigenvalue weighted by Gasteiger charge is -1.97. The Morgan fingerprint density at radius 1 is 1.50 bits per heavy atom. The molecular weight excluding hydrogens is 222 g/mol. The van der Waals surface area contributed by atoms with Crippen LogP contribution in [0, 0.1) is 6.92 Å². The second-order valence-electron chi connectivity index (χ2n) is 3.98. The van der Waals surface area contributed by atoms with E-state index in [9.17, 15) is 0 Å². The molecule has 5 nitrogen and oxygen atoms in total. The van der Waals surface area contributed by atoms with E-state index in [1.54, 1.807) is 17.5 Å². The maximum absolute atomic E-state index is 4.17. The molecule has 1 aliphatic rings. The summed E-state index contributed by atoms with van der Waals surface area (Å²) < 4.78 is 1.96. The predicted octanol–water partition coefficient (Wildman–Crippen LogP) is 1.28. The van der Waals surface area contributed by atoms with E-state index in [2.05, 4.69) is 20.5 Å². The van der Waals surface area contributed by atoms with Crippen LogP contribution in [-0.4, -0.2) is 25.8 Å². The number of imidazole rings is 1. The van der Waals surface area contributed by atoms with Crippen molar-refractivity contribution >= 4 is 11.3 Å². The molecule has 1 aliphatic carbocycles. The molecule has 0 bridgehead atoms. The molecular formula is C10H13N5S. The van der Waals surface area contributed by atoms with Gasteiger partial charge in [-0.25, -0.2) is 4.98 Å². The lowest BCUT2D eigenvalue weighted by molar-refractivity contribution is 0.678. The van der Waals surface area contributed by atoms with Crippen molar-refractivity contribution in [3.05, 3.63) is 23.2 Å². The van der Waals surface area contributed by atoms with E-state index in [0.29, 0.717) is 6.04 Å². The fraction of sp³-hybridized carbons (Fsp3) is 0.500. The van der Waals surface area contributed by atoms with Gasteiger partial charge >= 0.3 is 0 Å². The first-order valence-corrected chi connectivity index (χ1v) is 6.20. The van der Waals surface area contributed by atoms with Crippen molar-refractivity contribution in [1.82, 2.24) is 25.1 Å². The summed E-state index contributed by atoms with van der Waals surface area (Å²) in [5.41, 5.74) is 0. The number of hydrogen-bond acceptors (Lipinski definition) is 5. The average molecular weight is 235 g/mol. The molecule has 0 aromatic carbocycles. The van der Waals surface area contributed by atoms with E-state index in [1.807, 2.05) is 17.7 Å². The molecule has 2 heterocycles. The predicted molar refractivity (Wildman–Crippen MR) is 61.6 cm³/mol. The first kappa shape index (κ1) is 9.92. The molecule has 0 aliphatic heterocycles. The van der Waals surface area contributed by atoms with Crippen molar-refractivity contribution in [3.8, 4) is 5.13 Å². The van der Waals surface area contributed by atoms with Gasteiger partial charge in [0.2, 0.25) is 5.13 Å². The minimum atomic E-state index is 0.710. The van der Waals surface area contributed by atoms with Crippen LogP contribution in [0.1, 0.15) is 23.7 Å².